The Hall–Kier alpha value is 4.84. The van der Waals surface area contributed by atoms with E-state index >= 15 is 0 Å². The third kappa shape index (κ3) is 350. The summed E-state index contributed by atoms with van der Waals surface area (Å²) in [6.07, 6.45) is 0. The van der Waals surface area contributed by atoms with E-state index in [1.807, 2.05) is 0 Å². The molecule has 0 heterocycles. The molecule has 0 aromatic heterocycles. The Morgan fingerprint density at radius 3 is 0.500 bits per heavy atom. The molecule has 0 spiro atoms. The quantitative estimate of drug-likeness (QED) is 0.162. The molecule has 0 aliphatic heterocycles. The number of hydrogen-bond acceptors (Lipinski definition) is 2. The predicted octanol–water partition coefficient (Wildman–Crippen LogP) is -8.55. The van der Waals surface area contributed by atoms with Crippen molar-refractivity contribution in [3.8, 4) is 0 Å². The maximum absolute atomic E-state index is 8.88. The molecule has 12 nitrogen and oxygen atoms in total. The Bertz CT molecular complexity index is 138. The van der Waals surface area contributed by atoms with Gasteiger partial charge in [0.25, 0.3) is 0 Å². The van der Waals surface area contributed by atoms with E-state index in [2.05, 4.69) is 0 Å². The van der Waals surface area contributed by atoms with Gasteiger partial charge in [-0.05, 0) is 0 Å². The molecule has 0 aliphatic rings. The van der Waals surface area contributed by atoms with Gasteiger partial charge in [-0.25, -0.2) is 9.13 Å². The van der Waals surface area contributed by atoms with Crippen LogP contribution in [0.2, 0.25) is 0 Å². The van der Waals surface area contributed by atoms with Crippen molar-refractivity contribution >= 4 is 158 Å². The molecular weight excluding hydrogens is 397 g/mol. The Balaban J connectivity index is -0.00000000615. The Morgan fingerprint density at radius 2 is 0.500 bits per heavy atom. The van der Waals surface area contributed by atoms with E-state index in [0.29, 0.717) is 0 Å². The first-order valence-corrected chi connectivity index (χ1v) is 4.70. The van der Waals surface area contributed by atoms with E-state index in [1.165, 1.54) is 0 Å². The molecule has 0 bridgehead atoms. The van der Waals surface area contributed by atoms with E-state index in [0.717, 1.165) is 0 Å². The molecule has 0 radical (unpaired) electrons. The second-order valence-corrected chi connectivity index (χ2v) is 3.08. The van der Waals surface area contributed by atoms with Crippen LogP contribution < -0.4 is 0 Å². The summed E-state index contributed by atoms with van der Waals surface area (Å²) in [5.41, 5.74) is 0. The van der Waals surface area contributed by atoms with Gasteiger partial charge in [0.15, 0.2) is 0 Å². The second-order valence-electron chi connectivity index (χ2n) is 1.03. The van der Waals surface area contributed by atoms with Gasteiger partial charge in [-0.1, -0.05) is 0 Å². The zero-order chi connectivity index (χ0) is 9.00. The fourth-order valence-corrected chi connectivity index (χ4v) is 0. The molecule has 0 saturated heterocycles. The fourth-order valence-electron chi connectivity index (χ4n) is 0. The molecule has 18 heavy (non-hydrogen) atoms. The van der Waals surface area contributed by atoms with Crippen LogP contribution in [-0.2, 0) is 9.13 Å². The summed E-state index contributed by atoms with van der Waals surface area (Å²) < 4.78 is 17.8. The molecule has 0 unspecified atom stereocenters. The third-order valence-corrected chi connectivity index (χ3v) is 0. The van der Waals surface area contributed by atoms with E-state index in [9.17, 15) is 0 Å². The van der Waals surface area contributed by atoms with Crippen molar-refractivity contribution in [1.82, 2.24) is 0 Å². The van der Waals surface area contributed by atoms with Gasteiger partial charge in [0.05, 0.1) is 0 Å². The van der Waals surface area contributed by atoms with Gasteiger partial charge in [-0.15, -0.1) is 0 Å². The summed E-state index contributed by atoms with van der Waals surface area (Å²) in [5.74, 6) is 0. The molecule has 0 aliphatic carbocycles. The molecule has 0 rings (SSSR count). The first-order chi connectivity index (χ1) is 4.00. The molecule has 0 fully saturated rings. The van der Waals surface area contributed by atoms with Crippen LogP contribution in [0.15, 0.2) is 0 Å². The monoisotopic (exact) mass is 418 g/mol. The van der Waals surface area contributed by atoms with E-state index in [-0.39, 0.29) is 165 Å². The summed E-state index contributed by atoms with van der Waals surface area (Å²) in [7, 11) is -9.28. The fraction of sp³-hybridized carbons (Fsp3) is 0. The molecular formula is H21Ca3NaO12P2. The van der Waals surface area contributed by atoms with Crippen LogP contribution in [0.1, 0.15) is 0 Å². The van der Waals surface area contributed by atoms with Crippen molar-refractivity contribution in [2.45, 2.75) is 0 Å². The summed E-state index contributed by atoms with van der Waals surface area (Å²) >= 11 is 0. The standard InChI is InChI=1S/3Ca.Na.2H3O4P.4H2O.7H/c;;;;2*1-5(2,3)4;;;;;;;;;;;/h;;;;2*(H3,1,2,3,4);4*1H2;;;;;;;. The average molecular weight is 418 g/mol. The van der Waals surface area contributed by atoms with Gasteiger partial charge in [0, 0.05) is 0 Å². The maximum atomic E-state index is 8.88. The first kappa shape index (κ1) is 66.1. The summed E-state index contributed by atoms with van der Waals surface area (Å²) in [4.78, 5) is 43.1. The molecule has 0 aromatic carbocycles. The van der Waals surface area contributed by atoms with Crippen LogP contribution in [0.25, 0.3) is 0 Å². The van der Waals surface area contributed by atoms with E-state index < -0.39 is 15.6 Å². The Morgan fingerprint density at radius 1 is 0.500 bits per heavy atom. The minimum atomic E-state index is -4.64. The number of hydrogen-bond donors (Lipinski definition) is 6. The number of phosphoric acid groups is 2. The van der Waals surface area contributed by atoms with Crippen molar-refractivity contribution in [3.05, 3.63) is 0 Å². The molecule has 110 valence electrons. The van der Waals surface area contributed by atoms with Crippen molar-refractivity contribution in [3.63, 3.8) is 0 Å². The van der Waals surface area contributed by atoms with Gasteiger partial charge in [-0.3, -0.25) is 0 Å². The molecule has 18 heteroatoms. The molecule has 0 atom stereocenters. The zero-order valence-electron chi connectivity index (χ0n) is 6.39. The van der Waals surface area contributed by atoms with E-state index in [4.69, 9.17) is 38.5 Å². The average Bonchev–Trinajstić information content (AvgIpc) is 1.12. The Kier molecular flexibility index (Phi) is 123. The predicted molar refractivity (Wildman–Crippen MR) is 75.8 cm³/mol. The molecule has 14 N–H and O–H groups in total. The second kappa shape index (κ2) is 33.4. The topological polar surface area (TPSA) is 282 Å². The minimum absolute atomic E-state index is 0. The summed E-state index contributed by atoms with van der Waals surface area (Å²) in [5, 5.41) is 0. The van der Waals surface area contributed by atoms with Crippen LogP contribution in [0, 0.1) is 0 Å². The molecule has 0 amide bonds. The van der Waals surface area contributed by atoms with Gasteiger partial charge >= 0.3 is 158 Å². The first-order valence-electron chi connectivity index (χ1n) is 1.57. The van der Waals surface area contributed by atoms with Crippen LogP contribution in [0.4, 0.5) is 0 Å². The Labute approximate surface area is 214 Å². The van der Waals surface area contributed by atoms with Crippen LogP contribution in [0.5, 0.6) is 0 Å². The normalized spacial score (nSPS) is 6.56. The van der Waals surface area contributed by atoms with E-state index in [1.54, 1.807) is 0 Å². The third-order valence-electron chi connectivity index (χ3n) is 0. The van der Waals surface area contributed by atoms with Crippen molar-refractivity contribution < 1.29 is 60.4 Å². The van der Waals surface area contributed by atoms with Crippen LogP contribution in [-0.4, -0.2) is 194 Å². The SMILES string of the molecule is O.O.O.O.O=P(O)(O)O.O=P(O)(O)O.[CaH2].[CaH2].[CaH2].[NaH]. The van der Waals surface area contributed by atoms with Gasteiger partial charge in [-0.2, -0.15) is 0 Å². The van der Waals surface area contributed by atoms with Crippen LogP contribution in [0.3, 0.4) is 0 Å². The molecule has 0 aromatic rings. The summed E-state index contributed by atoms with van der Waals surface area (Å²) in [6, 6.07) is 0. The number of rotatable bonds is 0. The van der Waals surface area contributed by atoms with Crippen molar-refractivity contribution in [2.24, 2.45) is 0 Å². The van der Waals surface area contributed by atoms with Crippen molar-refractivity contribution in [2.75, 3.05) is 0 Å². The zero-order valence-corrected chi connectivity index (χ0v) is 8.18. The summed E-state index contributed by atoms with van der Waals surface area (Å²) in [6.45, 7) is 0. The van der Waals surface area contributed by atoms with Crippen molar-refractivity contribution in [1.29, 1.82) is 0 Å². The van der Waals surface area contributed by atoms with Gasteiger partial charge < -0.3 is 51.3 Å². The van der Waals surface area contributed by atoms with Crippen LogP contribution >= 0.6 is 15.6 Å². The molecule has 0 saturated carbocycles. The van der Waals surface area contributed by atoms with Gasteiger partial charge in [0.2, 0.25) is 0 Å². The van der Waals surface area contributed by atoms with Gasteiger partial charge in [0.1, 0.15) is 0 Å².